The van der Waals surface area contributed by atoms with Gasteiger partial charge >= 0.3 is 7.12 Å². The zero-order chi connectivity index (χ0) is 17.7. The first-order valence-corrected chi connectivity index (χ1v) is 8.62. The van der Waals surface area contributed by atoms with Crippen LogP contribution in [-0.2, 0) is 0 Å². The molecule has 3 nitrogen and oxygen atoms in total. The maximum Gasteiger partial charge on any atom is 0.489 e. The molecular weight excluding hydrogens is 321 g/mol. The summed E-state index contributed by atoms with van der Waals surface area (Å²) in [6.07, 6.45) is 0. The molecule has 0 aliphatic heterocycles. The zero-order valence-electron chi connectivity index (χ0n) is 14.0. The van der Waals surface area contributed by atoms with Gasteiger partial charge in [0, 0.05) is 21.8 Å². The topological polar surface area (TPSA) is 45.4 Å². The molecule has 0 spiro atoms. The van der Waals surface area contributed by atoms with Crippen LogP contribution in [0, 0.1) is 0 Å². The lowest BCUT2D eigenvalue weighted by Crippen LogP contribution is -2.30. The van der Waals surface area contributed by atoms with Crippen molar-refractivity contribution in [2.75, 3.05) is 0 Å². The molecular formula is C22H16BNO2. The second-order valence-electron chi connectivity index (χ2n) is 6.47. The van der Waals surface area contributed by atoms with Gasteiger partial charge in [0.15, 0.2) is 0 Å². The minimum absolute atomic E-state index is 0.525. The van der Waals surface area contributed by atoms with E-state index < -0.39 is 7.12 Å². The number of aromatic nitrogens is 1. The van der Waals surface area contributed by atoms with Crippen LogP contribution in [0.15, 0.2) is 84.9 Å². The van der Waals surface area contributed by atoms with Crippen LogP contribution in [0.25, 0.3) is 38.3 Å². The Kier molecular flexibility index (Phi) is 3.35. The maximum atomic E-state index is 9.92. The summed E-state index contributed by atoms with van der Waals surface area (Å²) >= 11 is 0. The van der Waals surface area contributed by atoms with Crippen LogP contribution in [0.4, 0.5) is 0 Å². The molecule has 4 aromatic carbocycles. The van der Waals surface area contributed by atoms with Crippen molar-refractivity contribution in [3.8, 4) is 5.69 Å². The van der Waals surface area contributed by atoms with Crippen molar-refractivity contribution in [2.24, 2.45) is 0 Å². The van der Waals surface area contributed by atoms with Crippen LogP contribution >= 0.6 is 0 Å². The van der Waals surface area contributed by atoms with E-state index >= 15 is 0 Å². The maximum absolute atomic E-state index is 9.92. The second kappa shape index (κ2) is 5.73. The molecule has 0 saturated heterocycles. The molecule has 0 aliphatic rings. The van der Waals surface area contributed by atoms with Gasteiger partial charge < -0.3 is 14.6 Å². The zero-order valence-corrected chi connectivity index (χ0v) is 14.0. The summed E-state index contributed by atoms with van der Waals surface area (Å²) in [5.74, 6) is 0. The van der Waals surface area contributed by atoms with E-state index in [-0.39, 0.29) is 0 Å². The van der Waals surface area contributed by atoms with Crippen molar-refractivity contribution in [2.45, 2.75) is 0 Å². The fourth-order valence-electron chi connectivity index (χ4n) is 3.92. The monoisotopic (exact) mass is 337 g/mol. The molecule has 0 amide bonds. The standard InChI is InChI=1S/C22H16BNO2/c25-23(26)19-11-6-12-20-21(19)18-14-13-15-7-4-5-10-17(15)22(18)24(20)16-8-2-1-3-9-16/h1-14,25-26H. The Labute approximate surface area is 150 Å². The van der Waals surface area contributed by atoms with E-state index in [1.807, 2.05) is 42.5 Å². The largest absolute Gasteiger partial charge is 0.489 e. The van der Waals surface area contributed by atoms with Gasteiger partial charge in [0.05, 0.1) is 11.0 Å². The first-order valence-electron chi connectivity index (χ1n) is 8.62. The third-order valence-electron chi connectivity index (χ3n) is 5.00. The van der Waals surface area contributed by atoms with E-state index in [1.165, 1.54) is 0 Å². The van der Waals surface area contributed by atoms with E-state index in [1.54, 1.807) is 6.07 Å². The minimum atomic E-state index is -1.51. The van der Waals surface area contributed by atoms with Gasteiger partial charge in [0.25, 0.3) is 0 Å². The van der Waals surface area contributed by atoms with Crippen molar-refractivity contribution < 1.29 is 10.0 Å². The first-order chi connectivity index (χ1) is 12.8. The number of hydrogen-bond acceptors (Lipinski definition) is 2. The molecule has 0 radical (unpaired) electrons. The van der Waals surface area contributed by atoms with E-state index in [2.05, 4.69) is 41.0 Å². The number of rotatable bonds is 2. The van der Waals surface area contributed by atoms with Crippen molar-refractivity contribution >= 4 is 45.2 Å². The number of para-hydroxylation sites is 1. The first kappa shape index (κ1) is 15.2. The van der Waals surface area contributed by atoms with E-state index in [9.17, 15) is 10.0 Å². The van der Waals surface area contributed by atoms with Gasteiger partial charge in [-0.05, 0) is 29.0 Å². The molecule has 26 heavy (non-hydrogen) atoms. The Balaban J connectivity index is 2.09. The van der Waals surface area contributed by atoms with Crippen LogP contribution in [0.3, 0.4) is 0 Å². The molecule has 124 valence electrons. The van der Waals surface area contributed by atoms with Crippen molar-refractivity contribution in [3.63, 3.8) is 0 Å². The fourth-order valence-corrected chi connectivity index (χ4v) is 3.92. The van der Waals surface area contributed by atoms with Gasteiger partial charge in [-0.2, -0.15) is 0 Å². The Morgan fingerprint density at radius 1 is 0.654 bits per heavy atom. The lowest BCUT2D eigenvalue weighted by molar-refractivity contribution is 0.426. The smallest absolute Gasteiger partial charge is 0.423 e. The molecule has 0 fully saturated rings. The predicted octanol–water partition coefficient (Wildman–Crippen LogP) is 3.62. The Morgan fingerprint density at radius 3 is 2.23 bits per heavy atom. The van der Waals surface area contributed by atoms with Gasteiger partial charge in [0.2, 0.25) is 0 Å². The SMILES string of the molecule is OB(O)c1cccc2c1c1ccc3ccccc3c1n2-c1ccccc1. The third-order valence-corrected chi connectivity index (χ3v) is 5.00. The summed E-state index contributed by atoms with van der Waals surface area (Å²) in [6.45, 7) is 0. The number of hydrogen-bond donors (Lipinski definition) is 2. The molecule has 5 rings (SSSR count). The summed E-state index contributed by atoms with van der Waals surface area (Å²) in [4.78, 5) is 0. The average molecular weight is 337 g/mol. The van der Waals surface area contributed by atoms with Crippen molar-refractivity contribution in [1.29, 1.82) is 0 Å². The summed E-state index contributed by atoms with van der Waals surface area (Å²) < 4.78 is 2.21. The lowest BCUT2D eigenvalue weighted by Gasteiger charge is -2.09. The predicted molar refractivity (Wildman–Crippen MR) is 108 cm³/mol. The highest BCUT2D eigenvalue weighted by molar-refractivity contribution is 6.63. The summed E-state index contributed by atoms with van der Waals surface area (Å²) in [6, 6.07) is 28.3. The van der Waals surface area contributed by atoms with Gasteiger partial charge in [-0.1, -0.05) is 66.7 Å². The molecule has 0 unspecified atom stereocenters. The van der Waals surface area contributed by atoms with Crippen molar-refractivity contribution in [1.82, 2.24) is 4.57 Å². The highest BCUT2D eigenvalue weighted by Crippen LogP contribution is 2.35. The number of nitrogens with zero attached hydrogens (tertiary/aromatic N) is 1. The molecule has 1 aromatic heterocycles. The average Bonchev–Trinajstić information content (AvgIpc) is 3.03. The molecule has 0 saturated carbocycles. The Hall–Kier alpha value is -3.08. The molecule has 0 atom stereocenters. The summed E-state index contributed by atoms with van der Waals surface area (Å²) in [5.41, 5.74) is 3.62. The fraction of sp³-hybridized carbons (Fsp3) is 0. The van der Waals surface area contributed by atoms with Crippen LogP contribution in [0.5, 0.6) is 0 Å². The van der Waals surface area contributed by atoms with E-state index in [4.69, 9.17) is 0 Å². The van der Waals surface area contributed by atoms with Crippen LogP contribution in [0.2, 0.25) is 0 Å². The van der Waals surface area contributed by atoms with Gasteiger partial charge in [-0.25, -0.2) is 0 Å². The van der Waals surface area contributed by atoms with Crippen LogP contribution in [-0.4, -0.2) is 21.7 Å². The molecule has 0 aliphatic carbocycles. The molecule has 5 aromatic rings. The second-order valence-corrected chi connectivity index (χ2v) is 6.47. The molecule has 4 heteroatoms. The van der Waals surface area contributed by atoms with Gasteiger partial charge in [-0.15, -0.1) is 0 Å². The van der Waals surface area contributed by atoms with Crippen LogP contribution in [0.1, 0.15) is 0 Å². The molecule has 2 N–H and O–H groups in total. The van der Waals surface area contributed by atoms with E-state index in [0.717, 1.165) is 38.3 Å². The summed E-state index contributed by atoms with van der Waals surface area (Å²) in [5, 5.41) is 24.0. The van der Waals surface area contributed by atoms with Crippen molar-refractivity contribution in [3.05, 3.63) is 84.9 Å². The Bertz CT molecular complexity index is 1260. The molecule has 1 heterocycles. The summed E-state index contributed by atoms with van der Waals surface area (Å²) in [7, 11) is -1.51. The highest BCUT2D eigenvalue weighted by atomic mass is 16.4. The normalized spacial score (nSPS) is 11.5. The van der Waals surface area contributed by atoms with Gasteiger partial charge in [-0.3, -0.25) is 0 Å². The minimum Gasteiger partial charge on any atom is -0.423 e. The Morgan fingerprint density at radius 2 is 1.42 bits per heavy atom. The number of benzene rings is 4. The third kappa shape index (κ3) is 2.10. The number of fused-ring (bicyclic) bond motifs is 5. The molecule has 0 bridgehead atoms. The van der Waals surface area contributed by atoms with Gasteiger partial charge in [0.1, 0.15) is 0 Å². The van der Waals surface area contributed by atoms with E-state index in [0.29, 0.717) is 5.46 Å². The lowest BCUT2D eigenvalue weighted by atomic mass is 9.77. The highest BCUT2D eigenvalue weighted by Gasteiger charge is 2.21. The quantitative estimate of drug-likeness (QED) is 0.483. The van der Waals surface area contributed by atoms with Crippen LogP contribution < -0.4 is 5.46 Å².